The Balaban J connectivity index is 2.09. The van der Waals surface area contributed by atoms with Crippen LogP contribution in [0.5, 0.6) is 0 Å². The third kappa shape index (κ3) is 5.47. The second-order valence-corrected chi connectivity index (χ2v) is 7.69. The minimum absolute atomic E-state index is 0.239. The van der Waals surface area contributed by atoms with Gasteiger partial charge in [0.25, 0.3) is 5.91 Å². The van der Waals surface area contributed by atoms with Gasteiger partial charge in [-0.3, -0.25) is 4.79 Å². The minimum Gasteiger partial charge on any atom is -0.452 e. The molecule has 144 valence electrons. The summed E-state index contributed by atoms with van der Waals surface area (Å²) in [7, 11) is 0. The Kier molecular flexibility index (Phi) is 7.28. The van der Waals surface area contributed by atoms with E-state index in [0.717, 1.165) is 16.8 Å². The number of hydrogen-bond acceptors (Lipinski definition) is 3. The van der Waals surface area contributed by atoms with Gasteiger partial charge in [0, 0.05) is 5.69 Å². The zero-order chi connectivity index (χ0) is 20.1. The molecule has 1 amide bonds. The number of halogens is 2. The van der Waals surface area contributed by atoms with Crippen molar-refractivity contribution in [3.8, 4) is 0 Å². The summed E-state index contributed by atoms with van der Waals surface area (Å²) in [6.07, 6.45) is 0. The van der Waals surface area contributed by atoms with Gasteiger partial charge in [-0.25, -0.2) is 4.79 Å². The first-order valence-corrected chi connectivity index (χ1v) is 9.51. The number of para-hydroxylation sites is 1. The summed E-state index contributed by atoms with van der Waals surface area (Å²) in [6.45, 7) is 7.89. The summed E-state index contributed by atoms with van der Waals surface area (Å²) in [6, 6.07) is 10.4. The van der Waals surface area contributed by atoms with E-state index in [1.165, 1.54) is 18.2 Å². The SMILES string of the molecule is CC(C)c1cccc(C(C)C)c1NC(=O)COC(=O)c1ccc(Cl)c(Cl)c1. The highest BCUT2D eigenvalue weighted by molar-refractivity contribution is 6.42. The van der Waals surface area contributed by atoms with Gasteiger partial charge in [-0.15, -0.1) is 0 Å². The van der Waals surface area contributed by atoms with Crippen molar-refractivity contribution in [3.63, 3.8) is 0 Å². The average Bonchev–Trinajstić information content (AvgIpc) is 2.61. The van der Waals surface area contributed by atoms with Crippen molar-refractivity contribution in [3.05, 3.63) is 63.1 Å². The highest BCUT2D eigenvalue weighted by Crippen LogP contribution is 2.32. The van der Waals surface area contributed by atoms with Crippen LogP contribution in [0.1, 0.15) is 61.0 Å². The van der Waals surface area contributed by atoms with Crippen molar-refractivity contribution < 1.29 is 14.3 Å². The maximum absolute atomic E-state index is 12.4. The Morgan fingerprint density at radius 1 is 0.963 bits per heavy atom. The standard InChI is InChI=1S/C21H23Cl2NO3/c1-12(2)15-6-5-7-16(13(3)4)20(15)24-19(25)11-27-21(26)14-8-9-17(22)18(23)10-14/h5-10,12-13H,11H2,1-4H3,(H,24,25). The summed E-state index contributed by atoms with van der Waals surface area (Å²) < 4.78 is 5.10. The molecule has 2 aromatic carbocycles. The van der Waals surface area contributed by atoms with E-state index in [0.29, 0.717) is 5.02 Å². The first kappa shape index (κ1) is 21.3. The number of carbonyl (C=O) groups excluding carboxylic acids is 2. The molecule has 0 aliphatic heterocycles. The molecule has 2 aromatic rings. The lowest BCUT2D eigenvalue weighted by Crippen LogP contribution is -2.22. The molecule has 0 aliphatic carbocycles. The first-order chi connectivity index (χ1) is 12.7. The topological polar surface area (TPSA) is 55.4 Å². The maximum Gasteiger partial charge on any atom is 0.338 e. The van der Waals surface area contributed by atoms with Crippen LogP contribution in [-0.4, -0.2) is 18.5 Å². The van der Waals surface area contributed by atoms with E-state index in [1.807, 2.05) is 18.2 Å². The zero-order valence-electron chi connectivity index (χ0n) is 15.8. The molecule has 1 N–H and O–H groups in total. The third-order valence-electron chi connectivity index (χ3n) is 4.13. The van der Waals surface area contributed by atoms with Crippen molar-refractivity contribution in [2.75, 3.05) is 11.9 Å². The number of anilines is 1. The normalized spacial score (nSPS) is 11.0. The second-order valence-electron chi connectivity index (χ2n) is 6.87. The molecule has 0 aliphatic rings. The van der Waals surface area contributed by atoms with Crippen LogP contribution in [0.15, 0.2) is 36.4 Å². The number of carbonyl (C=O) groups is 2. The molecule has 0 saturated carbocycles. The van der Waals surface area contributed by atoms with E-state index in [1.54, 1.807) is 0 Å². The highest BCUT2D eigenvalue weighted by Gasteiger charge is 2.17. The predicted molar refractivity (Wildman–Crippen MR) is 110 cm³/mol. The number of ether oxygens (including phenoxy) is 1. The minimum atomic E-state index is -0.634. The fraction of sp³-hybridized carbons (Fsp3) is 0.333. The van der Waals surface area contributed by atoms with Gasteiger partial charge in [-0.05, 0) is 41.2 Å². The predicted octanol–water partition coefficient (Wildman–Crippen LogP) is 6.04. The Morgan fingerprint density at radius 3 is 2.07 bits per heavy atom. The second kappa shape index (κ2) is 9.25. The lowest BCUT2D eigenvalue weighted by atomic mass is 9.92. The Labute approximate surface area is 169 Å². The largest absolute Gasteiger partial charge is 0.452 e. The lowest BCUT2D eigenvalue weighted by Gasteiger charge is -2.20. The molecule has 27 heavy (non-hydrogen) atoms. The van der Waals surface area contributed by atoms with Gasteiger partial charge in [0.15, 0.2) is 6.61 Å². The van der Waals surface area contributed by atoms with Crippen molar-refractivity contribution in [1.82, 2.24) is 0 Å². The van der Waals surface area contributed by atoms with Gasteiger partial charge in [-0.2, -0.15) is 0 Å². The number of amides is 1. The molecule has 0 bridgehead atoms. The van der Waals surface area contributed by atoms with Crippen LogP contribution in [0, 0.1) is 0 Å². The van der Waals surface area contributed by atoms with E-state index in [2.05, 4.69) is 33.0 Å². The molecule has 0 fully saturated rings. The maximum atomic E-state index is 12.4. The van der Waals surface area contributed by atoms with Crippen LogP contribution in [0.4, 0.5) is 5.69 Å². The van der Waals surface area contributed by atoms with Gasteiger partial charge in [-0.1, -0.05) is 69.1 Å². The molecule has 0 unspecified atom stereocenters. The third-order valence-corrected chi connectivity index (χ3v) is 4.87. The quantitative estimate of drug-likeness (QED) is 0.594. The fourth-order valence-corrected chi connectivity index (χ4v) is 3.01. The highest BCUT2D eigenvalue weighted by atomic mass is 35.5. The van der Waals surface area contributed by atoms with E-state index in [9.17, 15) is 9.59 Å². The van der Waals surface area contributed by atoms with E-state index < -0.39 is 11.9 Å². The van der Waals surface area contributed by atoms with E-state index in [-0.39, 0.29) is 29.0 Å². The lowest BCUT2D eigenvalue weighted by molar-refractivity contribution is -0.119. The van der Waals surface area contributed by atoms with Crippen molar-refractivity contribution in [2.45, 2.75) is 39.5 Å². The first-order valence-electron chi connectivity index (χ1n) is 8.75. The summed E-state index contributed by atoms with van der Waals surface area (Å²) in [5, 5.41) is 3.50. The Morgan fingerprint density at radius 2 is 1.56 bits per heavy atom. The molecule has 0 aromatic heterocycles. The monoisotopic (exact) mass is 407 g/mol. The van der Waals surface area contributed by atoms with Crippen molar-refractivity contribution >= 4 is 40.8 Å². The summed E-state index contributed by atoms with van der Waals surface area (Å²) in [5.74, 6) is -0.529. The smallest absolute Gasteiger partial charge is 0.338 e. The Hall–Kier alpha value is -2.04. The summed E-state index contributed by atoms with van der Waals surface area (Å²) in [4.78, 5) is 24.5. The van der Waals surface area contributed by atoms with Crippen LogP contribution in [0.2, 0.25) is 10.0 Å². The number of rotatable bonds is 6. The number of nitrogens with one attached hydrogen (secondary N) is 1. The van der Waals surface area contributed by atoms with Crippen molar-refractivity contribution in [1.29, 1.82) is 0 Å². The van der Waals surface area contributed by atoms with Crippen LogP contribution >= 0.6 is 23.2 Å². The van der Waals surface area contributed by atoms with Crippen molar-refractivity contribution in [2.24, 2.45) is 0 Å². The Bertz CT molecular complexity index is 821. The van der Waals surface area contributed by atoms with Gasteiger partial charge >= 0.3 is 5.97 Å². The molecule has 6 heteroatoms. The molecular formula is C21H23Cl2NO3. The number of hydrogen-bond donors (Lipinski definition) is 1. The van der Waals surface area contributed by atoms with Gasteiger partial charge in [0.2, 0.25) is 0 Å². The molecule has 0 saturated heterocycles. The van der Waals surface area contributed by atoms with Crippen LogP contribution in [0.25, 0.3) is 0 Å². The van der Waals surface area contributed by atoms with Crippen LogP contribution in [-0.2, 0) is 9.53 Å². The van der Waals surface area contributed by atoms with Crippen LogP contribution in [0.3, 0.4) is 0 Å². The van der Waals surface area contributed by atoms with Crippen LogP contribution < -0.4 is 5.32 Å². The van der Waals surface area contributed by atoms with Gasteiger partial charge in [0.1, 0.15) is 0 Å². The zero-order valence-corrected chi connectivity index (χ0v) is 17.3. The summed E-state index contributed by atoms with van der Waals surface area (Å²) in [5.41, 5.74) is 3.12. The molecule has 0 heterocycles. The summed E-state index contributed by atoms with van der Waals surface area (Å²) >= 11 is 11.7. The number of esters is 1. The molecule has 4 nitrogen and oxygen atoms in total. The molecule has 0 spiro atoms. The molecular weight excluding hydrogens is 385 g/mol. The molecule has 2 rings (SSSR count). The number of benzene rings is 2. The average molecular weight is 408 g/mol. The van der Waals surface area contributed by atoms with Gasteiger partial charge < -0.3 is 10.1 Å². The molecule has 0 atom stereocenters. The fourth-order valence-electron chi connectivity index (χ4n) is 2.71. The van der Waals surface area contributed by atoms with E-state index in [4.69, 9.17) is 27.9 Å². The molecule has 0 radical (unpaired) electrons. The van der Waals surface area contributed by atoms with E-state index >= 15 is 0 Å². The van der Waals surface area contributed by atoms with Gasteiger partial charge in [0.05, 0.1) is 15.6 Å².